The van der Waals surface area contributed by atoms with E-state index in [1.165, 1.54) is 11.0 Å². The van der Waals surface area contributed by atoms with Crippen LogP contribution in [-0.4, -0.2) is 27.9 Å². The number of nitrogens with zero attached hydrogens (tertiary/aromatic N) is 4. The van der Waals surface area contributed by atoms with Gasteiger partial charge in [-0.15, -0.1) is 10.2 Å². The quantitative estimate of drug-likeness (QED) is 0.495. The molecule has 0 radical (unpaired) electrons. The predicted molar refractivity (Wildman–Crippen MR) is 71.7 cm³/mol. The van der Waals surface area contributed by atoms with Crippen LogP contribution in [0.25, 0.3) is 0 Å². The zero-order chi connectivity index (χ0) is 13.2. The largest absolute Gasteiger partial charge is 0.454 e. The molecule has 0 bridgehead atoms. The number of hydrogen-bond acceptors (Lipinski definition) is 7. The maximum atomic E-state index is 5.53. The van der Waals surface area contributed by atoms with Crippen LogP contribution < -0.4 is 20.7 Å². The number of fused-ring (bicyclic) bond motifs is 1. The molecule has 98 valence electrons. The highest BCUT2D eigenvalue weighted by Gasteiger charge is 2.15. The molecule has 0 atom stereocenters. The van der Waals surface area contributed by atoms with Crippen LogP contribution in [0.3, 0.4) is 0 Å². The van der Waals surface area contributed by atoms with Gasteiger partial charge in [0.25, 0.3) is 5.95 Å². The van der Waals surface area contributed by atoms with Crippen LogP contribution in [0.15, 0.2) is 28.0 Å². The van der Waals surface area contributed by atoms with Gasteiger partial charge in [-0.05, 0) is 28.1 Å². The summed E-state index contributed by atoms with van der Waals surface area (Å²) in [5.74, 6) is 7.27. The van der Waals surface area contributed by atoms with Crippen molar-refractivity contribution >= 4 is 28.1 Å². The second-order valence-corrected chi connectivity index (χ2v) is 4.51. The molecule has 3 N–H and O–H groups in total. The van der Waals surface area contributed by atoms with Crippen molar-refractivity contribution in [2.75, 3.05) is 18.1 Å². The van der Waals surface area contributed by atoms with Gasteiger partial charge in [-0.25, -0.2) is 10.1 Å². The zero-order valence-corrected chi connectivity index (χ0v) is 11.2. The fraction of sp³-hybridized carbons (Fsp3) is 0.100. The minimum atomic E-state index is 0.233. The molecule has 0 aliphatic carbocycles. The highest BCUT2D eigenvalue weighted by molar-refractivity contribution is 9.10. The Morgan fingerprint density at radius 1 is 1.42 bits per heavy atom. The monoisotopic (exact) mass is 324 g/mol. The Hall–Kier alpha value is -2.29. The first-order valence-electron chi connectivity index (χ1n) is 5.27. The number of aromatic nitrogens is 3. The van der Waals surface area contributed by atoms with E-state index in [2.05, 4.69) is 36.7 Å². The summed E-state index contributed by atoms with van der Waals surface area (Å²) in [5, 5.41) is 11.4. The third-order valence-corrected chi connectivity index (χ3v) is 3.12. The molecule has 1 aliphatic rings. The molecule has 1 aliphatic heterocycles. The Kier molecular flexibility index (Phi) is 2.95. The van der Waals surface area contributed by atoms with Gasteiger partial charge < -0.3 is 15.3 Å². The van der Waals surface area contributed by atoms with Crippen molar-refractivity contribution in [3.8, 4) is 11.5 Å². The van der Waals surface area contributed by atoms with E-state index in [1.54, 1.807) is 6.21 Å². The van der Waals surface area contributed by atoms with E-state index in [1.807, 2.05) is 12.1 Å². The number of rotatable bonds is 3. The topological polar surface area (TPSA) is 99.6 Å². The molecule has 19 heavy (non-hydrogen) atoms. The number of nitrogen functional groups attached to an aromatic ring is 1. The van der Waals surface area contributed by atoms with Gasteiger partial charge in [-0.3, -0.25) is 0 Å². The summed E-state index contributed by atoms with van der Waals surface area (Å²) in [7, 11) is 0. The van der Waals surface area contributed by atoms with E-state index < -0.39 is 0 Å². The summed E-state index contributed by atoms with van der Waals surface area (Å²) in [4.78, 5) is 0. The molecule has 2 heterocycles. The number of hydrogen-bond donors (Lipinski definition) is 2. The van der Waals surface area contributed by atoms with Crippen LogP contribution in [0.5, 0.6) is 11.5 Å². The molecular formula is C10H9BrN6O2. The van der Waals surface area contributed by atoms with E-state index in [4.69, 9.17) is 15.3 Å². The second kappa shape index (κ2) is 4.76. The third kappa shape index (κ3) is 2.32. The molecule has 0 fully saturated rings. The first-order chi connectivity index (χ1) is 9.24. The Bertz CT molecular complexity index is 641. The maximum Gasteiger partial charge on any atom is 0.263 e. The fourth-order valence-corrected chi connectivity index (χ4v) is 1.94. The molecule has 0 unspecified atom stereocenters. The van der Waals surface area contributed by atoms with Gasteiger partial charge in [0, 0.05) is 10.0 Å². The van der Waals surface area contributed by atoms with Gasteiger partial charge in [0.2, 0.25) is 6.79 Å². The highest BCUT2D eigenvalue weighted by Crippen LogP contribution is 2.36. The SMILES string of the molecule is Nn1cnnc1NN=Cc1cc2c(cc1Br)OCO2. The molecule has 1 aromatic heterocycles. The zero-order valence-electron chi connectivity index (χ0n) is 9.58. The summed E-state index contributed by atoms with van der Waals surface area (Å²) in [5.41, 5.74) is 3.51. The minimum absolute atomic E-state index is 0.233. The molecular weight excluding hydrogens is 316 g/mol. The van der Waals surface area contributed by atoms with Gasteiger partial charge in [0.1, 0.15) is 6.33 Å². The lowest BCUT2D eigenvalue weighted by atomic mass is 10.2. The fourth-order valence-electron chi connectivity index (χ4n) is 1.51. The lowest BCUT2D eigenvalue weighted by molar-refractivity contribution is 0.174. The number of benzene rings is 1. The number of nitrogens with two attached hydrogens (primary N) is 1. The Balaban J connectivity index is 1.78. The number of hydrazone groups is 1. The number of halogens is 1. The Morgan fingerprint density at radius 2 is 2.21 bits per heavy atom. The molecule has 9 heteroatoms. The normalized spacial score (nSPS) is 13.1. The van der Waals surface area contributed by atoms with Crippen molar-refractivity contribution in [3.63, 3.8) is 0 Å². The molecule has 1 aromatic carbocycles. The lowest BCUT2D eigenvalue weighted by Gasteiger charge is -2.02. The molecule has 8 nitrogen and oxygen atoms in total. The summed E-state index contributed by atoms with van der Waals surface area (Å²) in [6.07, 6.45) is 2.98. The highest BCUT2D eigenvalue weighted by atomic mass is 79.9. The molecule has 3 rings (SSSR count). The smallest absolute Gasteiger partial charge is 0.263 e. The molecule has 2 aromatic rings. The van der Waals surface area contributed by atoms with Crippen LogP contribution >= 0.6 is 15.9 Å². The molecule has 0 spiro atoms. The number of anilines is 1. The van der Waals surface area contributed by atoms with Crippen LogP contribution in [0.1, 0.15) is 5.56 Å². The molecule has 0 saturated heterocycles. The van der Waals surface area contributed by atoms with E-state index >= 15 is 0 Å². The average molecular weight is 325 g/mol. The standard InChI is InChI=1S/C10H9BrN6O2/c11-7-2-9-8(18-5-19-9)1-6(7)3-13-15-10-16-14-4-17(10)12/h1-4H,5,12H2,(H,15,16). The summed E-state index contributed by atoms with van der Waals surface area (Å²) >= 11 is 3.43. The number of ether oxygens (including phenoxy) is 2. The van der Waals surface area contributed by atoms with Crippen molar-refractivity contribution in [1.82, 2.24) is 14.9 Å². The van der Waals surface area contributed by atoms with Gasteiger partial charge in [-0.1, -0.05) is 0 Å². The summed E-state index contributed by atoms with van der Waals surface area (Å²) < 4.78 is 12.6. The van der Waals surface area contributed by atoms with Gasteiger partial charge in [0.15, 0.2) is 11.5 Å². The first-order valence-corrected chi connectivity index (χ1v) is 6.06. The minimum Gasteiger partial charge on any atom is -0.454 e. The van der Waals surface area contributed by atoms with E-state index in [0.29, 0.717) is 17.4 Å². The van der Waals surface area contributed by atoms with Crippen LogP contribution in [0, 0.1) is 0 Å². The van der Waals surface area contributed by atoms with E-state index in [-0.39, 0.29) is 6.79 Å². The van der Waals surface area contributed by atoms with Gasteiger partial charge in [0.05, 0.1) is 6.21 Å². The lowest BCUT2D eigenvalue weighted by Crippen LogP contribution is -2.10. The maximum absolute atomic E-state index is 5.53. The van der Waals surface area contributed by atoms with Crippen molar-refractivity contribution in [2.45, 2.75) is 0 Å². The van der Waals surface area contributed by atoms with Crippen LogP contribution in [-0.2, 0) is 0 Å². The van der Waals surface area contributed by atoms with Gasteiger partial charge in [-0.2, -0.15) is 5.10 Å². The average Bonchev–Trinajstić information content (AvgIpc) is 2.99. The molecule has 0 saturated carbocycles. The first kappa shape index (κ1) is 11.8. The number of nitrogens with one attached hydrogen (secondary N) is 1. The van der Waals surface area contributed by atoms with Crippen LogP contribution in [0.4, 0.5) is 5.95 Å². The van der Waals surface area contributed by atoms with Crippen molar-refractivity contribution in [2.24, 2.45) is 5.10 Å². The van der Waals surface area contributed by atoms with Crippen molar-refractivity contribution in [1.29, 1.82) is 0 Å². The van der Waals surface area contributed by atoms with E-state index in [9.17, 15) is 0 Å². The summed E-state index contributed by atoms with van der Waals surface area (Å²) in [6, 6.07) is 3.65. The van der Waals surface area contributed by atoms with Crippen molar-refractivity contribution < 1.29 is 9.47 Å². The van der Waals surface area contributed by atoms with Gasteiger partial charge >= 0.3 is 0 Å². The van der Waals surface area contributed by atoms with E-state index in [0.717, 1.165) is 10.0 Å². The third-order valence-electron chi connectivity index (χ3n) is 2.43. The summed E-state index contributed by atoms with van der Waals surface area (Å²) in [6.45, 7) is 0.233. The Labute approximate surface area is 116 Å². The van der Waals surface area contributed by atoms with Crippen molar-refractivity contribution in [3.05, 3.63) is 28.5 Å². The Morgan fingerprint density at radius 3 is 2.95 bits per heavy atom. The molecule has 0 amide bonds. The second-order valence-electron chi connectivity index (χ2n) is 3.66. The van der Waals surface area contributed by atoms with Crippen LogP contribution in [0.2, 0.25) is 0 Å². The predicted octanol–water partition coefficient (Wildman–Crippen LogP) is 0.929.